The molecule has 0 rings (SSSR count). The molecule has 0 radical (unpaired) electrons. The van der Waals surface area contributed by atoms with Crippen molar-refractivity contribution in [3.63, 3.8) is 0 Å². The zero-order chi connectivity index (χ0) is 12.9. The normalized spacial score (nSPS) is 18.4. The first-order valence-corrected chi connectivity index (χ1v) is 4.36. The molecule has 0 aromatic heterocycles. The Hall–Kier alpha value is -1.06. The van der Waals surface area contributed by atoms with E-state index in [1.165, 1.54) is 0 Å². The van der Waals surface area contributed by atoms with Crippen LogP contribution in [-0.4, -0.2) is 68.5 Å². The third-order valence-electron chi connectivity index (χ3n) is 1.74. The zero-order valence-electron chi connectivity index (χ0n) is 8.48. The summed E-state index contributed by atoms with van der Waals surface area (Å²) in [6, 6.07) is 0. The van der Waals surface area contributed by atoms with Gasteiger partial charge in [0.15, 0.2) is 6.10 Å². The van der Waals surface area contributed by atoms with E-state index in [0.29, 0.717) is 0 Å². The maximum atomic E-state index is 10.9. The molecule has 8 nitrogen and oxygen atoms in total. The average molecular weight is 238 g/mol. The summed E-state index contributed by atoms with van der Waals surface area (Å²) in [7, 11) is 0. The van der Waals surface area contributed by atoms with Crippen LogP contribution >= 0.6 is 0 Å². The fourth-order valence-corrected chi connectivity index (χ4v) is 0.864. The standard InChI is InChI=1S/C8H14O8/c1-3(10)16-8(15)7(14)6(13)5(12)4(11)2-9/h4-7,9,11-14H,2H2,1H3/t4-,5-,6+,7-/m1/s1. The van der Waals surface area contributed by atoms with E-state index in [2.05, 4.69) is 4.74 Å². The number of carbonyl (C=O) groups excluding carboxylic acids is 2. The van der Waals surface area contributed by atoms with Crippen LogP contribution in [0, 0.1) is 0 Å². The number of hydrogen-bond acceptors (Lipinski definition) is 8. The number of aliphatic hydroxyl groups is 5. The minimum absolute atomic E-state index is 0.868. The molecule has 94 valence electrons. The van der Waals surface area contributed by atoms with Crippen LogP contribution in [0.3, 0.4) is 0 Å². The second-order valence-electron chi connectivity index (χ2n) is 3.09. The van der Waals surface area contributed by atoms with Crippen molar-refractivity contribution >= 4 is 11.9 Å². The van der Waals surface area contributed by atoms with Crippen LogP contribution in [0.4, 0.5) is 0 Å². The van der Waals surface area contributed by atoms with E-state index in [1.54, 1.807) is 0 Å². The molecule has 4 atom stereocenters. The Balaban J connectivity index is 4.42. The van der Waals surface area contributed by atoms with Crippen LogP contribution in [0.1, 0.15) is 6.92 Å². The number of esters is 2. The van der Waals surface area contributed by atoms with E-state index in [9.17, 15) is 14.7 Å². The van der Waals surface area contributed by atoms with Crippen LogP contribution in [-0.2, 0) is 14.3 Å². The fraction of sp³-hybridized carbons (Fsp3) is 0.750. The Labute approximate surface area is 90.7 Å². The number of aliphatic hydroxyl groups excluding tert-OH is 5. The number of ether oxygens (including phenoxy) is 1. The lowest BCUT2D eigenvalue weighted by molar-refractivity contribution is -0.175. The Kier molecular flexibility index (Phi) is 6.08. The van der Waals surface area contributed by atoms with E-state index in [1.807, 2.05) is 0 Å². The van der Waals surface area contributed by atoms with Gasteiger partial charge in [0.05, 0.1) is 6.61 Å². The minimum Gasteiger partial charge on any atom is -0.394 e. The van der Waals surface area contributed by atoms with Crippen molar-refractivity contribution in [3.8, 4) is 0 Å². The van der Waals surface area contributed by atoms with Crippen molar-refractivity contribution in [1.82, 2.24) is 0 Å². The average Bonchev–Trinajstić information content (AvgIpc) is 2.23. The molecule has 0 amide bonds. The molecule has 0 heterocycles. The largest absolute Gasteiger partial charge is 0.394 e. The van der Waals surface area contributed by atoms with Gasteiger partial charge in [0.2, 0.25) is 0 Å². The molecule has 0 aromatic carbocycles. The van der Waals surface area contributed by atoms with Crippen LogP contribution in [0.5, 0.6) is 0 Å². The first kappa shape index (κ1) is 14.9. The summed E-state index contributed by atoms with van der Waals surface area (Å²) in [6.07, 6.45) is -7.94. The van der Waals surface area contributed by atoms with E-state index < -0.39 is 43.0 Å². The summed E-state index contributed by atoms with van der Waals surface area (Å²) < 4.78 is 3.95. The lowest BCUT2D eigenvalue weighted by Gasteiger charge is -2.23. The van der Waals surface area contributed by atoms with Crippen molar-refractivity contribution in [2.24, 2.45) is 0 Å². The molecule has 0 aromatic rings. The molecule has 0 bridgehead atoms. The molecule has 0 saturated heterocycles. The molecule has 16 heavy (non-hydrogen) atoms. The van der Waals surface area contributed by atoms with Gasteiger partial charge in [0, 0.05) is 6.92 Å². The van der Waals surface area contributed by atoms with Gasteiger partial charge in [-0.2, -0.15) is 0 Å². The topological polar surface area (TPSA) is 145 Å². The van der Waals surface area contributed by atoms with E-state index >= 15 is 0 Å². The molecule has 0 aliphatic heterocycles. The predicted molar refractivity (Wildman–Crippen MR) is 47.9 cm³/mol. The molecule has 0 unspecified atom stereocenters. The summed E-state index contributed by atoms with van der Waals surface area (Å²) in [4.78, 5) is 21.3. The van der Waals surface area contributed by atoms with Crippen molar-refractivity contribution in [3.05, 3.63) is 0 Å². The summed E-state index contributed by atoms with van der Waals surface area (Å²) in [5, 5.41) is 44.8. The van der Waals surface area contributed by atoms with Crippen LogP contribution in [0.25, 0.3) is 0 Å². The molecular formula is C8H14O8. The maximum absolute atomic E-state index is 10.9. The van der Waals surface area contributed by atoms with E-state index in [4.69, 9.17) is 20.4 Å². The van der Waals surface area contributed by atoms with Crippen molar-refractivity contribution in [2.45, 2.75) is 31.3 Å². The molecule has 0 aliphatic carbocycles. The maximum Gasteiger partial charge on any atom is 0.345 e. The van der Waals surface area contributed by atoms with Gasteiger partial charge < -0.3 is 30.3 Å². The van der Waals surface area contributed by atoms with Crippen molar-refractivity contribution in [1.29, 1.82) is 0 Å². The highest BCUT2D eigenvalue weighted by atomic mass is 16.6. The molecule has 8 heteroatoms. The molecule has 5 N–H and O–H groups in total. The number of carbonyl (C=O) groups is 2. The van der Waals surface area contributed by atoms with Gasteiger partial charge in [0.1, 0.15) is 18.3 Å². The lowest BCUT2D eigenvalue weighted by atomic mass is 10.0. The minimum atomic E-state index is -2.19. The highest BCUT2D eigenvalue weighted by Gasteiger charge is 2.35. The summed E-state index contributed by atoms with van der Waals surface area (Å²) in [6.45, 7) is 0.0443. The van der Waals surface area contributed by atoms with Gasteiger partial charge in [-0.25, -0.2) is 4.79 Å². The Morgan fingerprint density at radius 3 is 2.00 bits per heavy atom. The highest BCUT2D eigenvalue weighted by Crippen LogP contribution is 2.06. The molecule has 0 fully saturated rings. The van der Waals surface area contributed by atoms with Gasteiger partial charge in [-0.3, -0.25) is 4.79 Å². The lowest BCUT2D eigenvalue weighted by Crippen LogP contribution is -2.49. The van der Waals surface area contributed by atoms with E-state index in [0.717, 1.165) is 6.92 Å². The van der Waals surface area contributed by atoms with Gasteiger partial charge in [-0.15, -0.1) is 0 Å². The summed E-state index contributed by atoms with van der Waals surface area (Å²) in [5.74, 6) is -2.45. The third kappa shape index (κ3) is 4.21. The Morgan fingerprint density at radius 2 is 1.62 bits per heavy atom. The van der Waals surface area contributed by atoms with Gasteiger partial charge in [-0.05, 0) is 0 Å². The molecule has 0 aliphatic rings. The number of rotatable bonds is 5. The Morgan fingerprint density at radius 1 is 1.12 bits per heavy atom. The second kappa shape index (κ2) is 6.51. The predicted octanol–water partition coefficient (Wildman–Crippen LogP) is -3.49. The van der Waals surface area contributed by atoms with Crippen molar-refractivity contribution in [2.75, 3.05) is 6.61 Å². The number of hydrogen-bond donors (Lipinski definition) is 5. The smallest absolute Gasteiger partial charge is 0.345 e. The first-order chi connectivity index (χ1) is 7.31. The van der Waals surface area contributed by atoms with Gasteiger partial charge in [0.25, 0.3) is 0 Å². The van der Waals surface area contributed by atoms with Gasteiger partial charge in [-0.1, -0.05) is 0 Å². The van der Waals surface area contributed by atoms with Crippen LogP contribution in [0.15, 0.2) is 0 Å². The van der Waals surface area contributed by atoms with Crippen LogP contribution < -0.4 is 0 Å². The summed E-state index contributed by atoms with van der Waals surface area (Å²) >= 11 is 0. The van der Waals surface area contributed by atoms with Gasteiger partial charge >= 0.3 is 11.9 Å². The monoisotopic (exact) mass is 238 g/mol. The molecule has 0 saturated carbocycles. The molecular weight excluding hydrogens is 224 g/mol. The second-order valence-corrected chi connectivity index (χ2v) is 3.09. The zero-order valence-corrected chi connectivity index (χ0v) is 8.48. The SMILES string of the molecule is CC(=O)OC(=O)[C@H](O)[C@@H](O)[C@H](O)[C@H](O)CO. The quantitative estimate of drug-likeness (QED) is 0.245. The highest BCUT2D eigenvalue weighted by molar-refractivity contribution is 5.87. The first-order valence-electron chi connectivity index (χ1n) is 4.36. The summed E-state index contributed by atoms with van der Waals surface area (Å²) in [5.41, 5.74) is 0. The van der Waals surface area contributed by atoms with E-state index in [-0.39, 0.29) is 0 Å². The van der Waals surface area contributed by atoms with Crippen molar-refractivity contribution < 1.29 is 39.9 Å². The van der Waals surface area contributed by atoms with Crippen LogP contribution in [0.2, 0.25) is 0 Å². The Bertz CT molecular complexity index is 252. The molecule has 0 spiro atoms. The fourth-order valence-electron chi connectivity index (χ4n) is 0.864. The third-order valence-corrected chi connectivity index (χ3v) is 1.74.